The third-order valence-electron chi connectivity index (χ3n) is 10.5. The van der Waals surface area contributed by atoms with Gasteiger partial charge < -0.3 is 20.1 Å². The maximum atomic E-state index is 12.6. The molecule has 324 valence electrons. The smallest absolute Gasteiger partial charge is 0.457 e. The summed E-state index contributed by atoms with van der Waals surface area (Å²) >= 11 is 0. The fourth-order valence-corrected chi connectivity index (χ4v) is 7.82. The van der Waals surface area contributed by atoms with Crippen molar-refractivity contribution in [2.45, 2.75) is 251 Å². The monoisotopic (exact) mass is 790 g/mol. The lowest BCUT2D eigenvalue weighted by Crippen LogP contribution is -2.28. The number of hydrogen-bond donors (Lipinski definition) is 2. The Morgan fingerprint density at radius 2 is 0.815 bits per heavy atom. The summed E-state index contributed by atoms with van der Waals surface area (Å²) in [6, 6.07) is 0. The van der Waals surface area contributed by atoms with Crippen molar-refractivity contribution in [1.29, 1.82) is 0 Å². The van der Waals surface area contributed by atoms with Gasteiger partial charge in [-0.3, -0.25) is 13.8 Å². The highest BCUT2D eigenvalue weighted by molar-refractivity contribution is 7.47. The van der Waals surface area contributed by atoms with E-state index in [9.17, 15) is 14.3 Å². The predicted molar refractivity (Wildman–Crippen MR) is 229 cm³/mol. The number of carbonyl (C=O) groups is 1. The van der Waals surface area contributed by atoms with Crippen LogP contribution in [-0.4, -0.2) is 49.9 Å². The van der Waals surface area contributed by atoms with Gasteiger partial charge in [0.15, 0.2) is 0 Å². The van der Waals surface area contributed by atoms with Crippen molar-refractivity contribution < 1.29 is 32.8 Å². The van der Waals surface area contributed by atoms with E-state index in [1.165, 1.54) is 193 Å². The second-order valence-corrected chi connectivity index (χ2v) is 17.4. The van der Waals surface area contributed by atoms with Crippen LogP contribution >= 0.6 is 7.82 Å². The summed E-state index contributed by atoms with van der Waals surface area (Å²) in [5.74, 6) is -0.323. The number of phosphoric ester groups is 1. The van der Waals surface area contributed by atoms with Crippen LogP contribution in [0.15, 0.2) is 0 Å². The van der Waals surface area contributed by atoms with E-state index in [-0.39, 0.29) is 32.3 Å². The third kappa shape index (κ3) is 42.6. The molecule has 0 aliphatic heterocycles. The zero-order valence-electron chi connectivity index (χ0n) is 36.0. The molecule has 2 atom stereocenters. The molecule has 0 aliphatic rings. The number of esters is 1. The number of carbonyl (C=O) groups excluding carboxylic acids is 1. The Morgan fingerprint density at radius 1 is 0.481 bits per heavy atom. The molecule has 54 heavy (non-hydrogen) atoms. The molecule has 8 nitrogen and oxygen atoms in total. The summed E-state index contributed by atoms with van der Waals surface area (Å²) in [6.07, 6.45) is 45.5. The molecule has 3 N–H and O–H groups in total. The van der Waals surface area contributed by atoms with Crippen LogP contribution in [-0.2, 0) is 27.9 Å². The molecule has 0 fully saturated rings. The minimum Gasteiger partial charge on any atom is -0.457 e. The highest BCUT2D eigenvalue weighted by Gasteiger charge is 2.25. The van der Waals surface area contributed by atoms with Crippen LogP contribution in [0.4, 0.5) is 0 Å². The van der Waals surface area contributed by atoms with Crippen molar-refractivity contribution in [3.63, 3.8) is 0 Å². The first-order valence-corrected chi connectivity index (χ1v) is 25.0. The second kappa shape index (κ2) is 43.6. The summed E-state index contributed by atoms with van der Waals surface area (Å²) in [4.78, 5) is 22.5. The average molecular weight is 790 g/mol. The first kappa shape index (κ1) is 53.5. The average Bonchev–Trinajstić information content (AvgIpc) is 3.16. The van der Waals surface area contributed by atoms with Crippen molar-refractivity contribution in [3.05, 3.63) is 0 Å². The molecule has 0 spiro atoms. The van der Waals surface area contributed by atoms with Gasteiger partial charge in [0.1, 0.15) is 6.10 Å². The van der Waals surface area contributed by atoms with Gasteiger partial charge in [-0.1, -0.05) is 226 Å². The topological polar surface area (TPSA) is 117 Å². The molecule has 0 aromatic rings. The number of ether oxygens (including phenoxy) is 2. The minimum absolute atomic E-state index is 0.0899. The van der Waals surface area contributed by atoms with Crippen molar-refractivity contribution in [2.75, 3.05) is 33.0 Å². The number of nitrogens with two attached hydrogens (primary N) is 1. The molecule has 0 bridgehead atoms. The number of phosphoric acid groups is 1. The van der Waals surface area contributed by atoms with Gasteiger partial charge in [-0.15, -0.1) is 0 Å². The predicted octanol–water partition coefficient (Wildman–Crippen LogP) is 14.1. The summed E-state index contributed by atoms with van der Waals surface area (Å²) in [6.45, 7) is 4.99. The van der Waals surface area contributed by atoms with Crippen molar-refractivity contribution in [1.82, 2.24) is 0 Å². The highest BCUT2D eigenvalue weighted by Crippen LogP contribution is 2.43. The third-order valence-corrected chi connectivity index (χ3v) is 11.5. The summed E-state index contributed by atoms with van der Waals surface area (Å²) in [5, 5.41) is 0. The number of rotatable bonds is 46. The summed E-state index contributed by atoms with van der Waals surface area (Å²) in [5.41, 5.74) is 5.38. The van der Waals surface area contributed by atoms with Gasteiger partial charge in [-0.05, 0) is 12.8 Å². The quantitative estimate of drug-likeness (QED) is 0.0356. The minimum atomic E-state index is -4.27. The van der Waals surface area contributed by atoms with E-state index in [1.807, 2.05) is 0 Å². The fraction of sp³-hybridized carbons (Fsp3) is 0.978. The summed E-state index contributed by atoms with van der Waals surface area (Å²) < 4.78 is 33.5. The van der Waals surface area contributed by atoms with Crippen molar-refractivity contribution >= 4 is 13.8 Å². The Hall–Kier alpha value is -0.500. The molecule has 0 aliphatic carbocycles. The molecule has 0 radical (unpaired) electrons. The van der Waals surface area contributed by atoms with E-state index >= 15 is 0 Å². The lowest BCUT2D eigenvalue weighted by atomic mass is 10.0. The van der Waals surface area contributed by atoms with Crippen LogP contribution in [0.25, 0.3) is 0 Å². The van der Waals surface area contributed by atoms with Crippen molar-refractivity contribution in [3.8, 4) is 0 Å². The molecule has 0 amide bonds. The molecule has 0 heterocycles. The van der Waals surface area contributed by atoms with E-state index in [2.05, 4.69) is 13.8 Å². The number of hydrogen-bond acceptors (Lipinski definition) is 7. The largest absolute Gasteiger partial charge is 0.472 e. The Kier molecular flexibility index (Phi) is 43.2. The molecule has 0 rings (SSSR count). The Balaban J connectivity index is 3.89. The van der Waals surface area contributed by atoms with Crippen molar-refractivity contribution in [2.24, 2.45) is 5.73 Å². The highest BCUT2D eigenvalue weighted by atomic mass is 31.2. The molecule has 0 aromatic heterocycles. The van der Waals surface area contributed by atoms with E-state index in [0.717, 1.165) is 32.1 Å². The maximum Gasteiger partial charge on any atom is 0.472 e. The van der Waals surface area contributed by atoms with Crippen LogP contribution in [0, 0.1) is 0 Å². The van der Waals surface area contributed by atoms with Gasteiger partial charge in [-0.25, -0.2) is 4.57 Å². The zero-order valence-corrected chi connectivity index (χ0v) is 36.9. The summed E-state index contributed by atoms with van der Waals surface area (Å²) in [7, 11) is -4.27. The van der Waals surface area contributed by atoms with Crippen LogP contribution in [0.3, 0.4) is 0 Å². The maximum absolute atomic E-state index is 12.6. The lowest BCUT2D eigenvalue weighted by Gasteiger charge is -2.20. The first-order chi connectivity index (χ1) is 26.4. The van der Waals surface area contributed by atoms with E-state index in [1.54, 1.807) is 0 Å². The normalized spacial score (nSPS) is 13.3. The van der Waals surface area contributed by atoms with Gasteiger partial charge >= 0.3 is 13.8 Å². The molecule has 2 unspecified atom stereocenters. The standard InChI is InChI=1S/C45H92NO7P/c1-3-5-7-9-11-13-15-17-19-20-21-22-23-24-25-27-29-31-33-35-37-40-50-42-44(43-52-54(48,49)51-41-39-46)53-45(47)38-36-34-32-30-28-26-18-16-14-12-10-8-6-4-2/h44H,3-43,46H2,1-2H3,(H,48,49). The molecular formula is C45H92NO7P. The van der Waals surface area contributed by atoms with E-state index in [4.69, 9.17) is 24.3 Å². The van der Waals surface area contributed by atoms with Crippen LogP contribution < -0.4 is 5.73 Å². The van der Waals surface area contributed by atoms with E-state index < -0.39 is 13.9 Å². The van der Waals surface area contributed by atoms with Gasteiger partial charge in [-0.2, -0.15) is 0 Å². The van der Waals surface area contributed by atoms with Gasteiger partial charge in [0.05, 0.1) is 19.8 Å². The van der Waals surface area contributed by atoms with Crippen LogP contribution in [0.2, 0.25) is 0 Å². The first-order valence-electron chi connectivity index (χ1n) is 23.5. The fourth-order valence-electron chi connectivity index (χ4n) is 7.06. The van der Waals surface area contributed by atoms with Crippen LogP contribution in [0.5, 0.6) is 0 Å². The number of unbranched alkanes of at least 4 members (excludes halogenated alkanes) is 33. The molecule has 9 heteroatoms. The zero-order chi connectivity index (χ0) is 39.5. The lowest BCUT2D eigenvalue weighted by molar-refractivity contribution is -0.154. The molecular weight excluding hydrogens is 697 g/mol. The Labute approximate surface area is 335 Å². The molecule has 0 saturated carbocycles. The van der Waals surface area contributed by atoms with Crippen LogP contribution in [0.1, 0.15) is 245 Å². The Morgan fingerprint density at radius 3 is 1.17 bits per heavy atom. The molecule has 0 saturated heterocycles. The molecule has 0 aromatic carbocycles. The Bertz CT molecular complexity index is 802. The van der Waals surface area contributed by atoms with Gasteiger partial charge in [0.25, 0.3) is 0 Å². The van der Waals surface area contributed by atoms with E-state index in [0.29, 0.717) is 13.0 Å². The second-order valence-electron chi connectivity index (χ2n) is 16.0. The van der Waals surface area contributed by atoms with Gasteiger partial charge in [0.2, 0.25) is 0 Å². The van der Waals surface area contributed by atoms with Gasteiger partial charge in [0, 0.05) is 19.6 Å². The SMILES string of the molecule is CCCCCCCCCCCCCCCCCCCCCCCOCC(COP(=O)(O)OCCN)OC(=O)CCCCCCCCCCCCCCCC.